The maximum atomic E-state index is 13.0. The first-order chi connectivity index (χ1) is 6.82. The molecule has 0 fully saturated rings. The van der Waals surface area contributed by atoms with Crippen molar-refractivity contribution in [2.75, 3.05) is 0 Å². The summed E-state index contributed by atoms with van der Waals surface area (Å²) < 4.78 is 49.0. The van der Waals surface area contributed by atoms with Crippen LogP contribution in [0, 0.1) is 5.82 Å². The zero-order valence-electron chi connectivity index (χ0n) is 7.35. The predicted molar refractivity (Wildman–Crippen MR) is 47.2 cm³/mol. The Morgan fingerprint density at radius 2 is 1.93 bits per heavy atom. The number of benzene rings is 1. The summed E-state index contributed by atoms with van der Waals surface area (Å²) in [5.74, 6) is -0.856. The molecular formula is C9H7ClF4O. The Kier molecular flexibility index (Phi) is 3.57. The van der Waals surface area contributed by atoms with Gasteiger partial charge in [-0.2, -0.15) is 13.2 Å². The third-order valence-corrected chi connectivity index (χ3v) is 2.19. The second-order valence-corrected chi connectivity index (χ2v) is 3.37. The van der Waals surface area contributed by atoms with Crippen LogP contribution in [0.2, 0.25) is 5.02 Å². The minimum atomic E-state index is -4.77. The molecule has 6 heteroatoms. The zero-order chi connectivity index (χ0) is 11.6. The molecule has 1 N–H and O–H groups in total. The lowest BCUT2D eigenvalue weighted by molar-refractivity contribution is -0.203. The summed E-state index contributed by atoms with van der Waals surface area (Å²) in [5.41, 5.74) is -0.330. The first-order valence-electron chi connectivity index (χ1n) is 4.00. The normalized spacial score (nSPS) is 14.0. The smallest absolute Gasteiger partial charge is 0.383 e. The summed E-state index contributed by atoms with van der Waals surface area (Å²) in [4.78, 5) is 0. The molecular weight excluding hydrogens is 236 g/mol. The SMILES string of the molecule is O[C@@H](Cc1c(F)cccc1Cl)C(F)(F)F. The molecule has 1 rings (SSSR count). The van der Waals surface area contributed by atoms with E-state index in [1.165, 1.54) is 12.1 Å². The van der Waals surface area contributed by atoms with E-state index in [2.05, 4.69) is 0 Å². The molecule has 0 aliphatic rings. The second kappa shape index (κ2) is 4.37. The van der Waals surface area contributed by atoms with Crippen molar-refractivity contribution in [3.63, 3.8) is 0 Å². The molecule has 0 aliphatic heterocycles. The summed E-state index contributed by atoms with van der Waals surface area (Å²) in [5, 5.41) is 8.61. The fourth-order valence-corrected chi connectivity index (χ4v) is 1.28. The summed E-state index contributed by atoms with van der Waals surface area (Å²) in [6.45, 7) is 0. The van der Waals surface area contributed by atoms with Crippen LogP contribution in [0.25, 0.3) is 0 Å². The molecule has 0 amide bonds. The first-order valence-corrected chi connectivity index (χ1v) is 4.38. The lowest BCUT2D eigenvalue weighted by atomic mass is 10.1. The van der Waals surface area contributed by atoms with E-state index in [0.29, 0.717) is 0 Å². The third kappa shape index (κ3) is 3.07. The fraction of sp³-hybridized carbons (Fsp3) is 0.333. The number of halogens is 5. The van der Waals surface area contributed by atoms with Crippen molar-refractivity contribution in [2.45, 2.75) is 18.7 Å². The van der Waals surface area contributed by atoms with Crippen LogP contribution in [0.15, 0.2) is 18.2 Å². The molecule has 0 spiro atoms. The minimum absolute atomic E-state index is 0.127. The van der Waals surface area contributed by atoms with Gasteiger partial charge in [0.25, 0.3) is 0 Å². The standard InChI is InChI=1S/C9H7ClF4O/c10-6-2-1-3-7(11)5(6)4-8(15)9(12,13)14/h1-3,8,15H,4H2/t8-/m0/s1. The molecule has 0 radical (unpaired) electrons. The van der Waals surface area contributed by atoms with E-state index in [4.69, 9.17) is 16.7 Å². The fourth-order valence-electron chi connectivity index (χ4n) is 1.04. The molecule has 84 valence electrons. The topological polar surface area (TPSA) is 20.2 Å². The van der Waals surface area contributed by atoms with Gasteiger partial charge in [-0.15, -0.1) is 0 Å². The molecule has 1 aromatic carbocycles. The van der Waals surface area contributed by atoms with Crippen LogP contribution in [0.4, 0.5) is 17.6 Å². The number of hydrogen-bond acceptors (Lipinski definition) is 1. The van der Waals surface area contributed by atoms with Gasteiger partial charge in [-0.05, 0) is 12.1 Å². The van der Waals surface area contributed by atoms with E-state index in [9.17, 15) is 17.6 Å². The lowest BCUT2D eigenvalue weighted by Gasteiger charge is -2.15. The molecule has 0 heterocycles. The first kappa shape index (κ1) is 12.3. The van der Waals surface area contributed by atoms with Crippen molar-refractivity contribution in [3.8, 4) is 0 Å². The van der Waals surface area contributed by atoms with Gasteiger partial charge in [0, 0.05) is 17.0 Å². The third-order valence-electron chi connectivity index (χ3n) is 1.84. The number of rotatable bonds is 2. The van der Waals surface area contributed by atoms with Gasteiger partial charge < -0.3 is 5.11 Å². The van der Waals surface area contributed by atoms with Crippen molar-refractivity contribution < 1.29 is 22.7 Å². The Morgan fingerprint density at radius 1 is 1.33 bits per heavy atom. The Bertz CT molecular complexity index is 330. The van der Waals surface area contributed by atoms with Crippen LogP contribution in [-0.4, -0.2) is 17.4 Å². The Labute approximate surface area is 88.3 Å². The summed E-state index contributed by atoms with van der Waals surface area (Å²) >= 11 is 5.51. The molecule has 0 bridgehead atoms. The maximum absolute atomic E-state index is 13.0. The molecule has 15 heavy (non-hydrogen) atoms. The van der Waals surface area contributed by atoms with Gasteiger partial charge in [0.2, 0.25) is 0 Å². The number of aliphatic hydroxyl groups is 1. The van der Waals surface area contributed by atoms with Crippen molar-refractivity contribution in [1.29, 1.82) is 0 Å². The molecule has 1 nitrogen and oxygen atoms in total. The van der Waals surface area contributed by atoms with Gasteiger partial charge in [-0.25, -0.2) is 4.39 Å². The largest absolute Gasteiger partial charge is 0.414 e. The van der Waals surface area contributed by atoms with E-state index >= 15 is 0 Å². The highest BCUT2D eigenvalue weighted by Gasteiger charge is 2.38. The van der Waals surface area contributed by atoms with E-state index in [0.717, 1.165) is 6.07 Å². The Balaban J connectivity index is 2.90. The quantitative estimate of drug-likeness (QED) is 0.791. The van der Waals surface area contributed by atoms with Crippen LogP contribution in [0.5, 0.6) is 0 Å². The van der Waals surface area contributed by atoms with E-state index in [1.807, 2.05) is 0 Å². The zero-order valence-corrected chi connectivity index (χ0v) is 8.11. The summed E-state index contributed by atoms with van der Waals surface area (Å²) in [7, 11) is 0. The van der Waals surface area contributed by atoms with E-state index in [-0.39, 0.29) is 10.6 Å². The van der Waals surface area contributed by atoms with E-state index in [1.54, 1.807) is 0 Å². The number of aliphatic hydroxyl groups excluding tert-OH is 1. The second-order valence-electron chi connectivity index (χ2n) is 2.96. The molecule has 0 aromatic heterocycles. The lowest BCUT2D eigenvalue weighted by Crippen LogP contribution is -2.30. The monoisotopic (exact) mass is 242 g/mol. The summed E-state index contributed by atoms with van der Waals surface area (Å²) in [6.07, 6.45) is -8.26. The van der Waals surface area contributed by atoms with Gasteiger partial charge in [-0.3, -0.25) is 0 Å². The summed E-state index contributed by atoms with van der Waals surface area (Å²) in [6, 6.07) is 3.54. The van der Waals surface area contributed by atoms with Gasteiger partial charge >= 0.3 is 6.18 Å². The van der Waals surface area contributed by atoms with E-state index < -0.39 is 24.5 Å². The van der Waals surface area contributed by atoms with Gasteiger partial charge in [0.1, 0.15) is 5.82 Å². The molecule has 0 unspecified atom stereocenters. The molecule has 0 aliphatic carbocycles. The van der Waals surface area contributed by atoms with Gasteiger partial charge in [-0.1, -0.05) is 17.7 Å². The van der Waals surface area contributed by atoms with Crippen molar-refractivity contribution in [1.82, 2.24) is 0 Å². The minimum Gasteiger partial charge on any atom is -0.383 e. The van der Waals surface area contributed by atoms with Gasteiger partial charge in [0.15, 0.2) is 6.10 Å². The van der Waals surface area contributed by atoms with Crippen LogP contribution in [0.3, 0.4) is 0 Å². The maximum Gasteiger partial charge on any atom is 0.414 e. The average Bonchev–Trinajstić information content (AvgIpc) is 2.09. The Morgan fingerprint density at radius 3 is 2.40 bits per heavy atom. The average molecular weight is 243 g/mol. The molecule has 1 aromatic rings. The van der Waals surface area contributed by atoms with Crippen LogP contribution >= 0.6 is 11.6 Å². The van der Waals surface area contributed by atoms with Crippen molar-refractivity contribution in [3.05, 3.63) is 34.6 Å². The Hall–Kier alpha value is -0.810. The highest BCUT2D eigenvalue weighted by Crippen LogP contribution is 2.27. The number of alkyl halides is 3. The highest BCUT2D eigenvalue weighted by molar-refractivity contribution is 6.31. The number of hydrogen-bond donors (Lipinski definition) is 1. The van der Waals surface area contributed by atoms with Gasteiger partial charge in [0.05, 0.1) is 0 Å². The van der Waals surface area contributed by atoms with Crippen LogP contribution < -0.4 is 0 Å². The molecule has 1 atom stereocenters. The van der Waals surface area contributed by atoms with Crippen molar-refractivity contribution >= 4 is 11.6 Å². The highest BCUT2D eigenvalue weighted by atomic mass is 35.5. The van der Waals surface area contributed by atoms with Crippen LogP contribution in [0.1, 0.15) is 5.56 Å². The van der Waals surface area contributed by atoms with Crippen LogP contribution in [-0.2, 0) is 6.42 Å². The van der Waals surface area contributed by atoms with Crippen molar-refractivity contribution in [2.24, 2.45) is 0 Å². The predicted octanol–water partition coefficient (Wildman–Crippen LogP) is 2.94. The molecule has 0 saturated heterocycles. The molecule has 0 saturated carbocycles.